The number of hydrogen-bond acceptors (Lipinski definition) is 5. The molecule has 4 aromatic rings. The molecule has 0 spiro atoms. The molecule has 2 heterocycles. The lowest BCUT2D eigenvalue weighted by Crippen LogP contribution is -1.92. The minimum Gasteiger partial charge on any atom is -0.441 e. The van der Waals surface area contributed by atoms with Crippen LogP contribution in [0, 0.1) is 5.82 Å². The Kier molecular flexibility index (Phi) is 3.74. The van der Waals surface area contributed by atoms with E-state index < -0.39 is 5.82 Å². The topological polar surface area (TPSA) is 65.0 Å². The maximum Gasteiger partial charge on any atom is 0.227 e. The van der Waals surface area contributed by atoms with Crippen LogP contribution in [0.15, 0.2) is 51.4 Å². The van der Waals surface area contributed by atoms with Crippen LogP contribution >= 0.6 is 11.6 Å². The number of fused-ring (bicyclic) bond motifs is 1. The molecule has 7 heteroatoms. The molecule has 4 rings (SSSR count). The van der Waals surface area contributed by atoms with Crippen molar-refractivity contribution < 1.29 is 13.3 Å². The quantitative estimate of drug-likeness (QED) is 0.547. The minimum absolute atomic E-state index is 0.0188. The van der Waals surface area contributed by atoms with Gasteiger partial charge < -0.3 is 8.94 Å². The Labute approximate surface area is 141 Å². The maximum absolute atomic E-state index is 14.0. The fourth-order valence-electron chi connectivity index (χ4n) is 2.38. The number of oxazole rings is 1. The van der Waals surface area contributed by atoms with Gasteiger partial charge in [0.05, 0.1) is 10.6 Å². The summed E-state index contributed by atoms with van der Waals surface area (Å²) in [6.07, 6.45) is 0.955. The van der Waals surface area contributed by atoms with E-state index >= 15 is 0 Å². The van der Waals surface area contributed by atoms with Crippen LogP contribution in [0.25, 0.3) is 22.5 Å². The summed E-state index contributed by atoms with van der Waals surface area (Å²) in [5.74, 6) is 0.574. The SMILES string of the molecule is Fc1c(Cl)cccc1-c1noc(CCc2nc3ccccc3o2)n1. The van der Waals surface area contributed by atoms with Crippen LogP contribution < -0.4 is 0 Å². The van der Waals surface area contributed by atoms with Crippen molar-refractivity contribution in [3.05, 3.63) is 65.1 Å². The fourth-order valence-corrected chi connectivity index (χ4v) is 2.56. The van der Waals surface area contributed by atoms with Crippen LogP contribution in [0.2, 0.25) is 5.02 Å². The predicted molar refractivity (Wildman–Crippen MR) is 86.1 cm³/mol. The Balaban J connectivity index is 1.52. The summed E-state index contributed by atoms with van der Waals surface area (Å²) in [6, 6.07) is 12.2. The lowest BCUT2D eigenvalue weighted by molar-refractivity contribution is 0.374. The molecular weight excluding hydrogens is 333 g/mol. The third kappa shape index (κ3) is 2.76. The average molecular weight is 344 g/mol. The van der Waals surface area contributed by atoms with E-state index in [2.05, 4.69) is 15.1 Å². The van der Waals surface area contributed by atoms with Gasteiger partial charge in [0.25, 0.3) is 0 Å². The smallest absolute Gasteiger partial charge is 0.227 e. The van der Waals surface area contributed by atoms with Gasteiger partial charge in [0.15, 0.2) is 17.3 Å². The molecule has 5 nitrogen and oxygen atoms in total. The Morgan fingerprint density at radius 3 is 2.67 bits per heavy atom. The van der Waals surface area contributed by atoms with Crippen molar-refractivity contribution in [1.29, 1.82) is 0 Å². The molecule has 0 unspecified atom stereocenters. The van der Waals surface area contributed by atoms with Crippen molar-refractivity contribution in [3.8, 4) is 11.4 Å². The van der Waals surface area contributed by atoms with E-state index in [0.717, 1.165) is 11.1 Å². The van der Waals surface area contributed by atoms with Crippen molar-refractivity contribution in [3.63, 3.8) is 0 Å². The first-order chi connectivity index (χ1) is 11.7. The molecule has 0 fully saturated rings. The van der Waals surface area contributed by atoms with Gasteiger partial charge in [-0.15, -0.1) is 0 Å². The van der Waals surface area contributed by atoms with Gasteiger partial charge in [-0.05, 0) is 24.3 Å². The zero-order valence-corrected chi connectivity index (χ0v) is 13.1. The van der Waals surface area contributed by atoms with E-state index in [0.29, 0.717) is 24.6 Å². The Morgan fingerprint density at radius 2 is 1.79 bits per heavy atom. The van der Waals surface area contributed by atoms with E-state index in [1.165, 1.54) is 6.07 Å². The second-order valence-corrected chi connectivity index (χ2v) is 5.60. The van der Waals surface area contributed by atoms with Gasteiger partial charge in [-0.1, -0.05) is 35.0 Å². The van der Waals surface area contributed by atoms with Gasteiger partial charge >= 0.3 is 0 Å². The predicted octanol–water partition coefficient (Wildman–Crippen LogP) is 4.46. The number of para-hydroxylation sites is 2. The second-order valence-electron chi connectivity index (χ2n) is 5.19. The number of hydrogen-bond donors (Lipinski definition) is 0. The maximum atomic E-state index is 14.0. The van der Waals surface area contributed by atoms with E-state index in [1.54, 1.807) is 12.1 Å². The fraction of sp³-hybridized carbons (Fsp3) is 0.118. The zero-order chi connectivity index (χ0) is 16.5. The molecule has 24 heavy (non-hydrogen) atoms. The monoisotopic (exact) mass is 343 g/mol. The molecule has 0 bridgehead atoms. The normalized spacial score (nSPS) is 11.2. The molecule has 0 aliphatic heterocycles. The molecular formula is C17H11ClFN3O2. The molecule has 2 aromatic heterocycles. The number of nitrogens with zero attached hydrogens (tertiary/aromatic N) is 3. The van der Waals surface area contributed by atoms with Gasteiger partial charge in [0, 0.05) is 12.8 Å². The first kappa shape index (κ1) is 14.8. The molecule has 0 saturated carbocycles. The molecule has 0 radical (unpaired) electrons. The molecule has 120 valence electrons. The van der Waals surface area contributed by atoms with Crippen molar-refractivity contribution >= 4 is 22.7 Å². The highest BCUT2D eigenvalue weighted by Gasteiger charge is 2.15. The molecule has 0 saturated heterocycles. The van der Waals surface area contributed by atoms with Crippen LogP contribution in [0.4, 0.5) is 4.39 Å². The molecule has 0 aliphatic carbocycles. The third-order valence-corrected chi connectivity index (χ3v) is 3.84. The first-order valence-electron chi connectivity index (χ1n) is 7.32. The lowest BCUT2D eigenvalue weighted by atomic mass is 10.2. The number of aryl methyl sites for hydroxylation is 2. The van der Waals surface area contributed by atoms with Crippen LogP contribution in [0.5, 0.6) is 0 Å². The summed E-state index contributed by atoms with van der Waals surface area (Å²) in [4.78, 5) is 8.59. The Bertz CT molecular complexity index is 979. The van der Waals surface area contributed by atoms with Gasteiger partial charge in [-0.25, -0.2) is 9.37 Å². The van der Waals surface area contributed by atoms with Crippen LogP contribution in [-0.2, 0) is 12.8 Å². The number of halogens is 2. The standard InChI is InChI=1S/C17H11ClFN3O2/c18-11-5-3-4-10(16(11)19)17-21-15(24-22-17)9-8-14-20-12-6-1-2-7-13(12)23-14/h1-7H,8-9H2. The van der Waals surface area contributed by atoms with Crippen molar-refractivity contribution in [2.24, 2.45) is 0 Å². The Morgan fingerprint density at radius 1 is 0.958 bits per heavy atom. The number of aromatic nitrogens is 3. The minimum atomic E-state index is -0.564. The summed E-state index contributed by atoms with van der Waals surface area (Å²) < 4.78 is 24.8. The van der Waals surface area contributed by atoms with Crippen molar-refractivity contribution in [1.82, 2.24) is 15.1 Å². The zero-order valence-electron chi connectivity index (χ0n) is 12.4. The average Bonchev–Trinajstić information content (AvgIpc) is 3.21. The van der Waals surface area contributed by atoms with Gasteiger partial charge in [0.2, 0.25) is 11.7 Å². The summed E-state index contributed by atoms with van der Waals surface area (Å²) in [5, 5.41) is 3.83. The van der Waals surface area contributed by atoms with E-state index in [-0.39, 0.29) is 16.4 Å². The highest BCUT2D eigenvalue weighted by molar-refractivity contribution is 6.31. The summed E-state index contributed by atoms with van der Waals surface area (Å²) in [5.41, 5.74) is 1.75. The van der Waals surface area contributed by atoms with Gasteiger partial charge in [-0.3, -0.25) is 0 Å². The van der Waals surface area contributed by atoms with E-state index in [9.17, 15) is 4.39 Å². The molecule has 0 aliphatic rings. The van der Waals surface area contributed by atoms with Gasteiger partial charge in [-0.2, -0.15) is 4.98 Å². The van der Waals surface area contributed by atoms with Crippen molar-refractivity contribution in [2.75, 3.05) is 0 Å². The summed E-state index contributed by atoms with van der Waals surface area (Å²) >= 11 is 5.77. The molecule has 0 N–H and O–H groups in total. The largest absolute Gasteiger partial charge is 0.441 e. The highest BCUT2D eigenvalue weighted by Crippen LogP contribution is 2.25. The van der Waals surface area contributed by atoms with Crippen LogP contribution in [0.1, 0.15) is 11.8 Å². The number of rotatable bonds is 4. The van der Waals surface area contributed by atoms with Crippen LogP contribution in [-0.4, -0.2) is 15.1 Å². The van der Waals surface area contributed by atoms with Gasteiger partial charge in [0.1, 0.15) is 5.52 Å². The second kappa shape index (κ2) is 6.05. The lowest BCUT2D eigenvalue weighted by Gasteiger charge is -1.98. The van der Waals surface area contributed by atoms with E-state index in [4.69, 9.17) is 20.5 Å². The highest BCUT2D eigenvalue weighted by atomic mass is 35.5. The summed E-state index contributed by atoms with van der Waals surface area (Å²) in [6.45, 7) is 0. The third-order valence-electron chi connectivity index (χ3n) is 3.55. The van der Waals surface area contributed by atoms with Crippen LogP contribution in [0.3, 0.4) is 0 Å². The van der Waals surface area contributed by atoms with E-state index in [1.807, 2.05) is 24.3 Å². The molecule has 0 atom stereocenters. The molecule has 0 amide bonds. The molecule has 2 aromatic carbocycles. The van der Waals surface area contributed by atoms with Crippen molar-refractivity contribution in [2.45, 2.75) is 12.8 Å². The Hall–Kier alpha value is -2.73. The summed E-state index contributed by atoms with van der Waals surface area (Å²) in [7, 11) is 0. The first-order valence-corrected chi connectivity index (χ1v) is 7.70. The number of benzene rings is 2.